The zero-order valence-corrected chi connectivity index (χ0v) is 15.8. The number of fused-ring (bicyclic) bond motifs is 2. The van der Waals surface area contributed by atoms with Crippen LogP contribution in [-0.2, 0) is 4.79 Å². The molecule has 8 heteroatoms. The van der Waals surface area contributed by atoms with Gasteiger partial charge in [0.05, 0.1) is 12.0 Å². The second kappa shape index (κ2) is 6.72. The fraction of sp³-hybridized carbons (Fsp3) is 0.200. The van der Waals surface area contributed by atoms with E-state index in [1.807, 2.05) is 42.5 Å². The lowest BCUT2D eigenvalue weighted by Gasteiger charge is -2.22. The number of nitrogens with one attached hydrogen (secondary N) is 2. The number of carbonyl (C=O) groups is 1. The Morgan fingerprint density at radius 1 is 1.25 bits per heavy atom. The number of amides is 1. The van der Waals surface area contributed by atoms with E-state index in [1.54, 1.807) is 7.11 Å². The van der Waals surface area contributed by atoms with Gasteiger partial charge in [0.25, 0.3) is 0 Å². The smallest absolute Gasteiger partial charge is 0.231 e. The van der Waals surface area contributed by atoms with Crippen molar-refractivity contribution in [2.24, 2.45) is 0 Å². The summed E-state index contributed by atoms with van der Waals surface area (Å²) in [5.41, 5.74) is 1.88. The van der Waals surface area contributed by atoms with Crippen molar-refractivity contribution in [1.29, 1.82) is 0 Å². The van der Waals surface area contributed by atoms with Gasteiger partial charge in [-0.15, -0.1) is 0 Å². The number of rotatable bonds is 4. The molecular formula is C20H17N3O4S. The molecule has 0 saturated carbocycles. The average molecular weight is 395 g/mol. The van der Waals surface area contributed by atoms with Gasteiger partial charge in [-0.25, -0.2) is 4.98 Å². The summed E-state index contributed by atoms with van der Waals surface area (Å²) < 4.78 is 16.5. The molecule has 0 fully saturated rings. The number of benzene rings is 2. The van der Waals surface area contributed by atoms with Crippen molar-refractivity contribution < 1.29 is 19.0 Å². The van der Waals surface area contributed by atoms with Crippen molar-refractivity contribution >= 4 is 33.9 Å². The van der Waals surface area contributed by atoms with Crippen LogP contribution in [0.25, 0.3) is 0 Å². The Balaban J connectivity index is 1.53. The van der Waals surface area contributed by atoms with E-state index in [4.69, 9.17) is 14.2 Å². The van der Waals surface area contributed by atoms with Gasteiger partial charge in [-0.05, 0) is 29.8 Å². The van der Waals surface area contributed by atoms with Crippen LogP contribution in [0.3, 0.4) is 0 Å². The number of aromatic nitrogens is 1. The Labute approximate surface area is 165 Å². The van der Waals surface area contributed by atoms with E-state index < -0.39 is 0 Å². The highest BCUT2D eigenvalue weighted by molar-refractivity contribution is 7.16. The minimum absolute atomic E-state index is 0.0642. The van der Waals surface area contributed by atoms with Crippen molar-refractivity contribution in [3.63, 3.8) is 0 Å². The molecule has 0 spiro atoms. The lowest BCUT2D eigenvalue weighted by Crippen LogP contribution is -2.22. The van der Waals surface area contributed by atoms with Gasteiger partial charge < -0.3 is 24.8 Å². The zero-order valence-electron chi connectivity index (χ0n) is 15.0. The fourth-order valence-corrected chi connectivity index (χ4v) is 4.51. The molecule has 1 aromatic heterocycles. The highest BCUT2D eigenvalue weighted by Gasteiger charge is 2.32. The molecule has 5 rings (SSSR count). The van der Waals surface area contributed by atoms with Crippen LogP contribution in [0.4, 0.5) is 16.6 Å². The van der Waals surface area contributed by atoms with Crippen LogP contribution < -0.4 is 24.8 Å². The number of thiazole rings is 1. The van der Waals surface area contributed by atoms with E-state index in [-0.39, 0.29) is 18.6 Å². The summed E-state index contributed by atoms with van der Waals surface area (Å²) in [6, 6.07) is 13.6. The summed E-state index contributed by atoms with van der Waals surface area (Å²) in [5.74, 6) is 2.24. The third kappa shape index (κ3) is 2.91. The van der Waals surface area contributed by atoms with Gasteiger partial charge in [-0.1, -0.05) is 29.5 Å². The predicted molar refractivity (Wildman–Crippen MR) is 106 cm³/mol. The molecule has 0 bridgehead atoms. The fourth-order valence-electron chi connectivity index (χ4n) is 3.44. The molecule has 3 heterocycles. The first-order chi connectivity index (χ1) is 13.7. The normalized spacial score (nSPS) is 17.0. The summed E-state index contributed by atoms with van der Waals surface area (Å²) in [6.45, 7) is 0.164. The Hall–Kier alpha value is -3.26. The molecule has 1 atom stereocenters. The van der Waals surface area contributed by atoms with E-state index in [9.17, 15) is 4.79 Å². The predicted octanol–water partition coefficient (Wildman–Crippen LogP) is 4.10. The second-order valence-electron chi connectivity index (χ2n) is 6.48. The number of methoxy groups -OCH3 is 1. The molecule has 2 aliphatic heterocycles. The molecule has 0 unspecified atom stereocenters. The topological polar surface area (TPSA) is 81.7 Å². The lowest BCUT2D eigenvalue weighted by molar-refractivity contribution is -0.116. The van der Waals surface area contributed by atoms with E-state index >= 15 is 0 Å². The molecule has 0 radical (unpaired) electrons. The SMILES string of the molecule is COc1cc([C@H]2CC(=O)Nc3nc(Nc4ccccc4)sc32)cc2c1OCO2. The molecule has 2 aromatic carbocycles. The second-order valence-corrected chi connectivity index (χ2v) is 7.52. The molecule has 2 N–H and O–H groups in total. The lowest BCUT2D eigenvalue weighted by atomic mass is 9.91. The minimum Gasteiger partial charge on any atom is -0.493 e. The molecule has 1 amide bonds. The zero-order chi connectivity index (χ0) is 19.1. The third-order valence-corrected chi connectivity index (χ3v) is 5.81. The number of ether oxygens (including phenoxy) is 3. The Morgan fingerprint density at radius 2 is 2.11 bits per heavy atom. The van der Waals surface area contributed by atoms with Crippen LogP contribution in [0, 0.1) is 0 Å². The summed E-state index contributed by atoms with van der Waals surface area (Å²) >= 11 is 1.53. The van der Waals surface area contributed by atoms with E-state index in [1.165, 1.54) is 11.3 Å². The van der Waals surface area contributed by atoms with Crippen molar-refractivity contribution in [3.8, 4) is 17.2 Å². The third-order valence-electron chi connectivity index (χ3n) is 4.73. The monoisotopic (exact) mass is 395 g/mol. The minimum atomic E-state index is -0.129. The van der Waals surface area contributed by atoms with Gasteiger partial charge in [0.2, 0.25) is 18.4 Å². The highest BCUT2D eigenvalue weighted by Crippen LogP contribution is 2.48. The van der Waals surface area contributed by atoms with Gasteiger partial charge in [-0.3, -0.25) is 4.79 Å². The maximum atomic E-state index is 12.3. The first-order valence-corrected chi connectivity index (χ1v) is 9.63. The largest absolute Gasteiger partial charge is 0.493 e. The molecular weight excluding hydrogens is 378 g/mol. The quantitative estimate of drug-likeness (QED) is 0.692. The van der Waals surface area contributed by atoms with Gasteiger partial charge in [-0.2, -0.15) is 0 Å². The molecule has 0 saturated heterocycles. The molecule has 0 aliphatic carbocycles. The first kappa shape index (κ1) is 16.9. The number of hydrogen-bond acceptors (Lipinski definition) is 7. The summed E-state index contributed by atoms with van der Waals surface area (Å²) in [7, 11) is 1.59. The highest BCUT2D eigenvalue weighted by atomic mass is 32.1. The summed E-state index contributed by atoms with van der Waals surface area (Å²) in [5, 5.41) is 6.91. The van der Waals surface area contributed by atoms with Crippen LogP contribution in [-0.4, -0.2) is 24.8 Å². The first-order valence-electron chi connectivity index (χ1n) is 8.81. The van der Waals surface area contributed by atoms with E-state index in [2.05, 4.69) is 15.6 Å². The Bertz CT molecular complexity index is 1050. The van der Waals surface area contributed by atoms with Gasteiger partial charge in [0.1, 0.15) is 5.82 Å². The number of carbonyl (C=O) groups excluding carboxylic acids is 1. The number of hydrogen-bond donors (Lipinski definition) is 2. The van der Waals surface area contributed by atoms with Gasteiger partial charge in [0, 0.05) is 18.0 Å². The van der Waals surface area contributed by atoms with E-state index in [0.29, 0.717) is 29.5 Å². The average Bonchev–Trinajstić information content (AvgIpc) is 3.33. The number of nitrogens with zero attached hydrogens (tertiary/aromatic N) is 1. The standard InChI is InChI=1S/C20H17N3O4S/c1-25-14-7-11(8-15-17(14)27-10-26-15)13-9-16(24)22-19-18(13)28-20(23-19)21-12-5-3-2-4-6-12/h2-8,13H,9-10H2,1H3,(H,21,23)(H,22,24)/t13-/m1/s1. The molecule has 3 aromatic rings. The summed E-state index contributed by atoms with van der Waals surface area (Å²) in [6.07, 6.45) is 0.336. The van der Waals surface area contributed by atoms with Crippen LogP contribution in [0.15, 0.2) is 42.5 Å². The molecule has 28 heavy (non-hydrogen) atoms. The maximum Gasteiger partial charge on any atom is 0.231 e. The van der Waals surface area contributed by atoms with Crippen LogP contribution in [0.2, 0.25) is 0 Å². The van der Waals surface area contributed by atoms with Gasteiger partial charge >= 0.3 is 0 Å². The van der Waals surface area contributed by atoms with Crippen LogP contribution in [0.5, 0.6) is 17.2 Å². The van der Waals surface area contributed by atoms with Crippen molar-refractivity contribution in [2.75, 3.05) is 24.5 Å². The van der Waals surface area contributed by atoms with Crippen LogP contribution in [0.1, 0.15) is 22.8 Å². The molecule has 142 valence electrons. The summed E-state index contributed by atoms with van der Waals surface area (Å²) in [4.78, 5) is 17.9. The molecule has 7 nitrogen and oxygen atoms in total. The van der Waals surface area contributed by atoms with Crippen molar-refractivity contribution in [2.45, 2.75) is 12.3 Å². The molecule has 2 aliphatic rings. The van der Waals surface area contributed by atoms with Gasteiger partial charge in [0.15, 0.2) is 16.6 Å². The Morgan fingerprint density at radius 3 is 2.93 bits per heavy atom. The van der Waals surface area contributed by atoms with Crippen molar-refractivity contribution in [1.82, 2.24) is 4.98 Å². The Kier molecular flexibility index (Phi) is 4.05. The van der Waals surface area contributed by atoms with E-state index in [0.717, 1.165) is 21.3 Å². The van der Waals surface area contributed by atoms with Crippen molar-refractivity contribution in [3.05, 3.63) is 52.9 Å². The number of anilines is 3. The maximum absolute atomic E-state index is 12.3. The number of para-hydroxylation sites is 1. The van der Waals surface area contributed by atoms with Crippen LogP contribution >= 0.6 is 11.3 Å².